The van der Waals surface area contributed by atoms with E-state index in [0.29, 0.717) is 12.1 Å². The van der Waals surface area contributed by atoms with Crippen LogP contribution in [0.1, 0.15) is 59.3 Å². The first-order chi connectivity index (χ1) is 8.66. The van der Waals surface area contributed by atoms with E-state index in [-0.39, 0.29) is 5.60 Å². The SMILES string of the molecule is CCNC(CCCC1CCCO1)C(C)(CC)OC. The molecular weight excluding hydrogens is 226 g/mol. The van der Waals surface area contributed by atoms with Crippen LogP contribution in [0.2, 0.25) is 0 Å². The molecule has 0 aromatic heterocycles. The number of ether oxygens (including phenoxy) is 2. The van der Waals surface area contributed by atoms with Gasteiger partial charge in [0.25, 0.3) is 0 Å². The van der Waals surface area contributed by atoms with Gasteiger partial charge in [-0.05, 0) is 52.0 Å². The first-order valence-electron chi connectivity index (χ1n) is 7.56. The average molecular weight is 257 g/mol. The van der Waals surface area contributed by atoms with Crippen molar-refractivity contribution < 1.29 is 9.47 Å². The number of methoxy groups -OCH3 is 1. The number of likely N-dealkylation sites (N-methyl/N-ethyl adjacent to an activating group) is 1. The zero-order valence-corrected chi connectivity index (χ0v) is 12.6. The van der Waals surface area contributed by atoms with Gasteiger partial charge in [0.2, 0.25) is 0 Å². The first kappa shape index (κ1) is 15.9. The molecule has 0 saturated carbocycles. The molecule has 3 atom stereocenters. The Kier molecular flexibility index (Phi) is 7.20. The summed E-state index contributed by atoms with van der Waals surface area (Å²) in [4.78, 5) is 0. The fraction of sp³-hybridized carbons (Fsp3) is 1.00. The molecule has 18 heavy (non-hydrogen) atoms. The molecule has 0 aromatic carbocycles. The van der Waals surface area contributed by atoms with Crippen molar-refractivity contribution in [3.63, 3.8) is 0 Å². The molecule has 0 amide bonds. The molecule has 0 radical (unpaired) electrons. The van der Waals surface area contributed by atoms with Gasteiger partial charge in [-0.3, -0.25) is 0 Å². The van der Waals surface area contributed by atoms with Gasteiger partial charge < -0.3 is 14.8 Å². The summed E-state index contributed by atoms with van der Waals surface area (Å²) in [5.74, 6) is 0. The Hall–Kier alpha value is -0.120. The van der Waals surface area contributed by atoms with Crippen molar-refractivity contribution in [3.8, 4) is 0 Å². The van der Waals surface area contributed by atoms with Crippen LogP contribution in [-0.4, -0.2) is 38.0 Å². The Morgan fingerprint density at radius 2 is 2.22 bits per heavy atom. The third-order valence-corrected chi connectivity index (χ3v) is 4.40. The first-order valence-corrected chi connectivity index (χ1v) is 7.56. The van der Waals surface area contributed by atoms with E-state index >= 15 is 0 Å². The van der Waals surface area contributed by atoms with E-state index in [1.54, 1.807) is 0 Å². The van der Waals surface area contributed by atoms with Crippen molar-refractivity contribution in [2.24, 2.45) is 0 Å². The highest BCUT2D eigenvalue weighted by Crippen LogP contribution is 2.25. The summed E-state index contributed by atoms with van der Waals surface area (Å²) in [5, 5.41) is 3.58. The molecule has 1 heterocycles. The molecule has 1 saturated heterocycles. The molecule has 1 aliphatic heterocycles. The van der Waals surface area contributed by atoms with Gasteiger partial charge in [-0.15, -0.1) is 0 Å². The van der Waals surface area contributed by atoms with Crippen LogP contribution in [0.25, 0.3) is 0 Å². The van der Waals surface area contributed by atoms with Crippen LogP contribution in [0.4, 0.5) is 0 Å². The Balaban J connectivity index is 2.36. The predicted molar refractivity (Wildman–Crippen MR) is 76.0 cm³/mol. The number of hydrogen-bond acceptors (Lipinski definition) is 3. The molecule has 3 nitrogen and oxygen atoms in total. The summed E-state index contributed by atoms with van der Waals surface area (Å²) in [6.45, 7) is 8.55. The van der Waals surface area contributed by atoms with Gasteiger partial charge in [0.1, 0.15) is 0 Å². The minimum absolute atomic E-state index is 0.0491. The van der Waals surface area contributed by atoms with Gasteiger partial charge in [0.05, 0.1) is 11.7 Å². The van der Waals surface area contributed by atoms with Gasteiger partial charge in [-0.2, -0.15) is 0 Å². The van der Waals surface area contributed by atoms with Crippen LogP contribution in [0, 0.1) is 0 Å². The Labute approximate surface area is 113 Å². The summed E-state index contributed by atoms with van der Waals surface area (Å²) >= 11 is 0. The van der Waals surface area contributed by atoms with Crippen LogP contribution in [0.3, 0.4) is 0 Å². The third kappa shape index (κ3) is 4.52. The second kappa shape index (κ2) is 8.13. The minimum Gasteiger partial charge on any atom is -0.378 e. The van der Waals surface area contributed by atoms with Gasteiger partial charge in [0.15, 0.2) is 0 Å². The lowest BCUT2D eigenvalue weighted by molar-refractivity contribution is -0.0320. The molecule has 3 unspecified atom stereocenters. The zero-order chi connectivity index (χ0) is 13.4. The Morgan fingerprint density at radius 1 is 1.44 bits per heavy atom. The molecule has 1 aliphatic rings. The van der Waals surface area contributed by atoms with Crippen molar-refractivity contribution in [2.75, 3.05) is 20.3 Å². The molecule has 0 aliphatic carbocycles. The van der Waals surface area contributed by atoms with Gasteiger partial charge >= 0.3 is 0 Å². The molecule has 1 N–H and O–H groups in total. The van der Waals surface area contributed by atoms with E-state index < -0.39 is 0 Å². The quantitative estimate of drug-likeness (QED) is 0.688. The van der Waals surface area contributed by atoms with Crippen LogP contribution >= 0.6 is 0 Å². The van der Waals surface area contributed by atoms with E-state index in [9.17, 15) is 0 Å². The molecule has 0 bridgehead atoms. The van der Waals surface area contributed by atoms with Crippen molar-refractivity contribution in [1.82, 2.24) is 5.32 Å². The Morgan fingerprint density at radius 3 is 2.72 bits per heavy atom. The van der Waals surface area contributed by atoms with Crippen LogP contribution in [-0.2, 0) is 9.47 Å². The molecule has 3 heteroatoms. The Bertz CT molecular complexity index is 211. The van der Waals surface area contributed by atoms with E-state index in [2.05, 4.69) is 26.1 Å². The van der Waals surface area contributed by atoms with Crippen molar-refractivity contribution in [2.45, 2.75) is 77.0 Å². The maximum Gasteiger partial charge on any atom is 0.0800 e. The van der Waals surface area contributed by atoms with E-state index in [1.165, 1.54) is 32.1 Å². The molecule has 0 spiro atoms. The minimum atomic E-state index is -0.0491. The van der Waals surface area contributed by atoms with Crippen molar-refractivity contribution >= 4 is 0 Å². The van der Waals surface area contributed by atoms with E-state index in [4.69, 9.17) is 9.47 Å². The highest BCUT2D eigenvalue weighted by atomic mass is 16.5. The van der Waals surface area contributed by atoms with Crippen LogP contribution in [0.15, 0.2) is 0 Å². The summed E-state index contributed by atoms with van der Waals surface area (Å²) in [7, 11) is 1.83. The standard InChI is InChI=1S/C15H31NO2/c1-5-15(3,17-4)14(16-6-2)11-7-9-13-10-8-12-18-13/h13-14,16H,5-12H2,1-4H3. The third-order valence-electron chi connectivity index (χ3n) is 4.40. The van der Waals surface area contributed by atoms with E-state index in [1.807, 2.05) is 7.11 Å². The maximum atomic E-state index is 5.73. The summed E-state index contributed by atoms with van der Waals surface area (Å²) in [6, 6.07) is 0.443. The maximum absolute atomic E-state index is 5.73. The monoisotopic (exact) mass is 257 g/mol. The molecule has 0 aromatic rings. The molecule has 1 fully saturated rings. The van der Waals surface area contributed by atoms with Crippen LogP contribution < -0.4 is 5.32 Å². The normalized spacial score (nSPS) is 25.0. The van der Waals surface area contributed by atoms with Crippen molar-refractivity contribution in [3.05, 3.63) is 0 Å². The predicted octanol–water partition coefficient (Wildman–Crippen LogP) is 3.13. The number of rotatable bonds is 9. The highest BCUT2D eigenvalue weighted by molar-refractivity contribution is 4.88. The lowest BCUT2D eigenvalue weighted by atomic mass is 9.88. The van der Waals surface area contributed by atoms with Gasteiger partial charge in [-0.1, -0.05) is 13.8 Å². The molecule has 1 rings (SSSR count). The summed E-state index contributed by atoms with van der Waals surface area (Å²) < 4.78 is 11.4. The highest BCUT2D eigenvalue weighted by Gasteiger charge is 2.31. The van der Waals surface area contributed by atoms with E-state index in [0.717, 1.165) is 19.6 Å². The fourth-order valence-corrected chi connectivity index (χ4v) is 2.82. The van der Waals surface area contributed by atoms with Gasteiger partial charge in [-0.25, -0.2) is 0 Å². The summed E-state index contributed by atoms with van der Waals surface area (Å²) in [5.41, 5.74) is -0.0491. The zero-order valence-electron chi connectivity index (χ0n) is 12.6. The molecule has 108 valence electrons. The second-order valence-electron chi connectivity index (χ2n) is 5.55. The summed E-state index contributed by atoms with van der Waals surface area (Å²) in [6.07, 6.45) is 7.65. The van der Waals surface area contributed by atoms with Crippen molar-refractivity contribution in [1.29, 1.82) is 0 Å². The smallest absolute Gasteiger partial charge is 0.0800 e. The second-order valence-corrected chi connectivity index (χ2v) is 5.55. The van der Waals surface area contributed by atoms with Crippen LogP contribution in [0.5, 0.6) is 0 Å². The topological polar surface area (TPSA) is 30.5 Å². The number of hydrogen-bond donors (Lipinski definition) is 1. The lowest BCUT2D eigenvalue weighted by Gasteiger charge is -2.36. The average Bonchev–Trinajstić information content (AvgIpc) is 2.90. The number of nitrogens with one attached hydrogen (secondary N) is 1. The molecular formula is C15H31NO2. The lowest BCUT2D eigenvalue weighted by Crippen LogP contribution is -2.49. The van der Waals surface area contributed by atoms with Gasteiger partial charge in [0, 0.05) is 19.8 Å². The largest absolute Gasteiger partial charge is 0.378 e. The fourth-order valence-electron chi connectivity index (χ4n) is 2.82.